The van der Waals surface area contributed by atoms with Crippen LogP contribution in [0.2, 0.25) is 0 Å². The van der Waals surface area contributed by atoms with E-state index in [2.05, 4.69) is 19.1 Å². The zero-order valence-electron chi connectivity index (χ0n) is 13.9. The van der Waals surface area contributed by atoms with Crippen LogP contribution in [0.25, 0.3) is 22.3 Å². The second kappa shape index (κ2) is 6.07. The Labute approximate surface area is 144 Å². The minimum Gasteiger partial charge on any atom is -0.207 e. The predicted molar refractivity (Wildman–Crippen MR) is 94.0 cm³/mol. The number of hydrogen-bond acceptors (Lipinski definition) is 0. The van der Waals surface area contributed by atoms with Crippen LogP contribution in [0.1, 0.15) is 23.6 Å². The maximum absolute atomic E-state index is 15.1. The summed E-state index contributed by atoms with van der Waals surface area (Å²) in [5.41, 5.74) is 5.52. The maximum atomic E-state index is 15.1. The van der Waals surface area contributed by atoms with E-state index < -0.39 is 11.6 Å². The summed E-state index contributed by atoms with van der Waals surface area (Å²) in [6.45, 7) is 2.11. The molecule has 1 aliphatic carbocycles. The zero-order valence-corrected chi connectivity index (χ0v) is 13.9. The summed E-state index contributed by atoms with van der Waals surface area (Å²) >= 11 is 0. The van der Waals surface area contributed by atoms with E-state index in [0.29, 0.717) is 12.0 Å². The Bertz CT molecular complexity index is 953. The van der Waals surface area contributed by atoms with Crippen LogP contribution in [0.15, 0.2) is 48.5 Å². The van der Waals surface area contributed by atoms with E-state index in [1.807, 2.05) is 12.1 Å². The average molecular weight is 338 g/mol. The molecule has 0 nitrogen and oxygen atoms in total. The third kappa shape index (κ3) is 2.74. The van der Waals surface area contributed by atoms with Crippen molar-refractivity contribution in [3.8, 4) is 22.3 Å². The van der Waals surface area contributed by atoms with Crippen molar-refractivity contribution in [1.29, 1.82) is 0 Å². The molecule has 0 spiro atoms. The average Bonchev–Trinajstić information content (AvgIpc) is 2.60. The lowest BCUT2D eigenvalue weighted by Gasteiger charge is -2.22. The highest BCUT2D eigenvalue weighted by molar-refractivity contribution is 5.78. The van der Waals surface area contributed by atoms with Gasteiger partial charge in [-0.3, -0.25) is 0 Å². The second-order valence-electron chi connectivity index (χ2n) is 6.46. The molecule has 0 fully saturated rings. The fraction of sp³-hybridized carbons (Fsp3) is 0.182. The first-order valence-corrected chi connectivity index (χ1v) is 8.47. The number of aryl methyl sites for hydroxylation is 2. The fourth-order valence-electron chi connectivity index (χ4n) is 3.65. The van der Waals surface area contributed by atoms with Gasteiger partial charge < -0.3 is 0 Å². The lowest BCUT2D eigenvalue weighted by molar-refractivity contribution is 0.583. The molecule has 0 unspecified atom stereocenters. The van der Waals surface area contributed by atoms with Crippen LogP contribution >= 0.6 is 0 Å². The highest BCUT2D eigenvalue weighted by atomic mass is 19.1. The van der Waals surface area contributed by atoms with E-state index in [9.17, 15) is 8.78 Å². The van der Waals surface area contributed by atoms with Crippen molar-refractivity contribution in [3.05, 3.63) is 82.7 Å². The third-order valence-electron chi connectivity index (χ3n) is 4.93. The molecule has 1 aliphatic rings. The lowest BCUT2D eigenvalue weighted by atomic mass is 9.83. The van der Waals surface area contributed by atoms with Crippen LogP contribution < -0.4 is 0 Å². The van der Waals surface area contributed by atoms with E-state index in [-0.39, 0.29) is 16.9 Å². The van der Waals surface area contributed by atoms with Gasteiger partial charge in [-0.1, -0.05) is 37.3 Å². The van der Waals surface area contributed by atoms with Gasteiger partial charge in [-0.15, -0.1) is 0 Å². The second-order valence-corrected chi connectivity index (χ2v) is 6.46. The molecule has 0 aliphatic heterocycles. The molecule has 0 radical (unpaired) electrons. The first-order valence-electron chi connectivity index (χ1n) is 8.47. The van der Waals surface area contributed by atoms with Crippen LogP contribution in [-0.4, -0.2) is 0 Å². The number of benzene rings is 3. The van der Waals surface area contributed by atoms with Gasteiger partial charge in [0.1, 0.15) is 17.5 Å². The van der Waals surface area contributed by atoms with Crippen molar-refractivity contribution < 1.29 is 13.2 Å². The summed E-state index contributed by atoms with van der Waals surface area (Å²) < 4.78 is 42.1. The van der Waals surface area contributed by atoms with E-state index in [0.717, 1.165) is 42.2 Å². The number of rotatable bonds is 2. The van der Waals surface area contributed by atoms with E-state index in [1.54, 1.807) is 6.07 Å². The molecule has 126 valence electrons. The highest BCUT2D eigenvalue weighted by Gasteiger charge is 2.22. The molecule has 3 aromatic rings. The summed E-state index contributed by atoms with van der Waals surface area (Å²) in [6.07, 6.45) is 2.33. The SMILES string of the molecule is CCc1ccc2c(c1)CCc1c-2ccc(-c2cc(F)cc(F)c2)c1F. The molecule has 0 atom stereocenters. The fourth-order valence-corrected chi connectivity index (χ4v) is 3.65. The van der Waals surface area contributed by atoms with Gasteiger partial charge in [0.2, 0.25) is 0 Å². The molecular formula is C22H17F3. The quantitative estimate of drug-likeness (QED) is 0.530. The van der Waals surface area contributed by atoms with Crippen LogP contribution in [-0.2, 0) is 19.3 Å². The summed E-state index contributed by atoms with van der Waals surface area (Å²) in [5, 5.41) is 0. The molecular weight excluding hydrogens is 321 g/mol. The lowest BCUT2D eigenvalue weighted by Crippen LogP contribution is -2.08. The number of fused-ring (bicyclic) bond motifs is 3. The van der Waals surface area contributed by atoms with Gasteiger partial charge in [0.05, 0.1) is 0 Å². The van der Waals surface area contributed by atoms with Crippen LogP contribution in [0, 0.1) is 17.5 Å². The molecule has 3 heteroatoms. The molecule has 0 saturated heterocycles. The number of halogens is 3. The van der Waals surface area contributed by atoms with Crippen molar-refractivity contribution in [2.24, 2.45) is 0 Å². The first-order chi connectivity index (χ1) is 12.1. The Hall–Kier alpha value is -2.55. The molecule has 0 bridgehead atoms. The van der Waals surface area contributed by atoms with Gasteiger partial charge in [0.25, 0.3) is 0 Å². The van der Waals surface area contributed by atoms with Crippen molar-refractivity contribution in [1.82, 2.24) is 0 Å². The maximum Gasteiger partial charge on any atom is 0.134 e. The Morgan fingerprint density at radius 1 is 0.760 bits per heavy atom. The number of hydrogen-bond donors (Lipinski definition) is 0. The third-order valence-corrected chi connectivity index (χ3v) is 4.93. The molecule has 0 N–H and O–H groups in total. The van der Waals surface area contributed by atoms with Gasteiger partial charge in [-0.2, -0.15) is 0 Å². The molecule has 0 amide bonds. The van der Waals surface area contributed by atoms with Crippen LogP contribution in [0.3, 0.4) is 0 Å². The topological polar surface area (TPSA) is 0 Å². The Kier molecular flexibility index (Phi) is 3.87. The minimum atomic E-state index is -0.704. The van der Waals surface area contributed by atoms with Gasteiger partial charge >= 0.3 is 0 Å². The largest absolute Gasteiger partial charge is 0.207 e. The summed E-state index contributed by atoms with van der Waals surface area (Å²) in [6, 6.07) is 12.9. The monoisotopic (exact) mass is 338 g/mol. The van der Waals surface area contributed by atoms with Crippen molar-refractivity contribution in [2.45, 2.75) is 26.2 Å². The molecule has 25 heavy (non-hydrogen) atoms. The van der Waals surface area contributed by atoms with Gasteiger partial charge in [-0.05, 0) is 64.8 Å². The zero-order chi connectivity index (χ0) is 17.6. The first kappa shape index (κ1) is 15.9. The normalized spacial score (nSPS) is 12.6. The van der Waals surface area contributed by atoms with Crippen molar-refractivity contribution >= 4 is 0 Å². The Morgan fingerprint density at radius 3 is 2.16 bits per heavy atom. The Balaban J connectivity index is 1.86. The summed E-state index contributed by atoms with van der Waals surface area (Å²) in [7, 11) is 0. The molecule has 0 aromatic heterocycles. The van der Waals surface area contributed by atoms with Gasteiger partial charge in [-0.25, -0.2) is 13.2 Å². The van der Waals surface area contributed by atoms with E-state index in [1.165, 1.54) is 11.1 Å². The summed E-state index contributed by atoms with van der Waals surface area (Å²) in [4.78, 5) is 0. The van der Waals surface area contributed by atoms with Crippen molar-refractivity contribution in [3.63, 3.8) is 0 Å². The summed E-state index contributed by atoms with van der Waals surface area (Å²) in [5.74, 6) is -1.79. The van der Waals surface area contributed by atoms with Crippen molar-refractivity contribution in [2.75, 3.05) is 0 Å². The highest BCUT2D eigenvalue weighted by Crippen LogP contribution is 2.38. The molecule has 4 rings (SSSR count). The Morgan fingerprint density at radius 2 is 1.44 bits per heavy atom. The standard InChI is InChI=1S/C22H17F3/c1-2-13-3-5-18-14(9-13)4-6-21-20(18)8-7-19(22(21)25)15-10-16(23)12-17(24)11-15/h3,5,7-12H,2,4,6H2,1H3. The van der Waals surface area contributed by atoms with E-state index >= 15 is 4.39 Å². The van der Waals surface area contributed by atoms with Crippen LogP contribution in [0.5, 0.6) is 0 Å². The molecule has 0 heterocycles. The minimum absolute atomic E-state index is 0.227. The van der Waals surface area contributed by atoms with Gasteiger partial charge in [0.15, 0.2) is 0 Å². The predicted octanol–water partition coefficient (Wildman–Crippen LogP) is 6.10. The van der Waals surface area contributed by atoms with E-state index in [4.69, 9.17) is 0 Å². The van der Waals surface area contributed by atoms with Gasteiger partial charge in [0, 0.05) is 11.6 Å². The smallest absolute Gasteiger partial charge is 0.134 e. The molecule has 0 saturated carbocycles. The molecule has 3 aromatic carbocycles. The van der Waals surface area contributed by atoms with Crippen LogP contribution in [0.4, 0.5) is 13.2 Å².